The van der Waals surface area contributed by atoms with Gasteiger partial charge in [-0.25, -0.2) is 9.97 Å². The van der Waals surface area contributed by atoms with E-state index in [1.54, 1.807) is 42.7 Å². The number of amides is 2. The molecule has 33 heavy (non-hydrogen) atoms. The third kappa shape index (κ3) is 6.52. The zero-order valence-corrected chi connectivity index (χ0v) is 18.2. The van der Waals surface area contributed by atoms with Gasteiger partial charge in [-0.3, -0.25) is 9.59 Å². The van der Waals surface area contributed by atoms with Gasteiger partial charge in [0.1, 0.15) is 11.5 Å². The fourth-order valence-corrected chi connectivity index (χ4v) is 3.62. The van der Waals surface area contributed by atoms with Crippen molar-refractivity contribution in [3.8, 4) is 17.5 Å². The van der Waals surface area contributed by atoms with Gasteiger partial charge in [0.25, 0.3) is 0 Å². The van der Waals surface area contributed by atoms with Gasteiger partial charge in [-0.05, 0) is 55.3 Å². The van der Waals surface area contributed by atoms with Crippen molar-refractivity contribution in [2.24, 2.45) is 5.92 Å². The van der Waals surface area contributed by atoms with Gasteiger partial charge in [-0.15, -0.1) is 0 Å². The van der Waals surface area contributed by atoms with E-state index in [4.69, 9.17) is 9.47 Å². The summed E-state index contributed by atoms with van der Waals surface area (Å²) in [5, 5.41) is 2.95. The van der Waals surface area contributed by atoms with Crippen LogP contribution in [0.15, 0.2) is 73.1 Å². The van der Waals surface area contributed by atoms with Crippen molar-refractivity contribution in [3.63, 3.8) is 0 Å². The van der Waals surface area contributed by atoms with Crippen LogP contribution in [0.4, 0.5) is 5.69 Å². The number of carbonyl (C=O) groups is 2. The Morgan fingerprint density at radius 2 is 1.61 bits per heavy atom. The molecule has 0 bridgehead atoms. The third-order valence-corrected chi connectivity index (χ3v) is 5.42. The number of anilines is 1. The maximum Gasteiger partial charge on any atom is 0.321 e. The molecule has 0 saturated carbocycles. The van der Waals surface area contributed by atoms with Crippen LogP contribution in [0.1, 0.15) is 19.3 Å². The molecule has 0 unspecified atom stereocenters. The Hall–Kier alpha value is -3.94. The van der Waals surface area contributed by atoms with Gasteiger partial charge >= 0.3 is 6.01 Å². The highest BCUT2D eigenvalue weighted by molar-refractivity contribution is 5.92. The molecule has 0 spiro atoms. The summed E-state index contributed by atoms with van der Waals surface area (Å²) < 4.78 is 11.2. The Labute approximate surface area is 192 Å². The maximum atomic E-state index is 12.7. The maximum absolute atomic E-state index is 12.7. The summed E-state index contributed by atoms with van der Waals surface area (Å²) in [6, 6.07) is 18.5. The first-order valence-electron chi connectivity index (χ1n) is 11.0. The van der Waals surface area contributed by atoms with Gasteiger partial charge < -0.3 is 19.7 Å². The molecule has 170 valence electrons. The molecule has 1 N–H and O–H groups in total. The molecule has 1 aliphatic heterocycles. The minimum absolute atomic E-state index is 0.0328. The van der Waals surface area contributed by atoms with Crippen molar-refractivity contribution >= 4 is 17.5 Å². The van der Waals surface area contributed by atoms with Crippen molar-refractivity contribution in [1.82, 2.24) is 14.9 Å². The van der Waals surface area contributed by atoms with E-state index < -0.39 is 0 Å². The molecule has 8 nitrogen and oxygen atoms in total. The van der Waals surface area contributed by atoms with E-state index >= 15 is 0 Å². The Bertz CT molecular complexity index is 1040. The molecule has 1 aliphatic rings. The summed E-state index contributed by atoms with van der Waals surface area (Å²) in [6.45, 7) is 1.50. The van der Waals surface area contributed by atoms with Crippen LogP contribution in [0, 0.1) is 5.92 Å². The number of para-hydroxylation sites is 1. The summed E-state index contributed by atoms with van der Waals surface area (Å²) in [7, 11) is 0. The molecule has 0 atom stereocenters. The van der Waals surface area contributed by atoms with Crippen molar-refractivity contribution < 1.29 is 19.1 Å². The number of nitrogens with zero attached hydrogens (tertiary/aromatic N) is 3. The largest absolute Gasteiger partial charge is 0.493 e. The Morgan fingerprint density at radius 1 is 0.909 bits per heavy atom. The molecule has 2 aromatic carbocycles. The highest BCUT2D eigenvalue weighted by Crippen LogP contribution is 2.23. The minimum Gasteiger partial charge on any atom is -0.493 e. The summed E-state index contributed by atoms with van der Waals surface area (Å²) in [4.78, 5) is 35.0. The zero-order valence-electron chi connectivity index (χ0n) is 18.2. The first-order valence-corrected chi connectivity index (χ1v) is 11.0. The molecule has 2 amide bonds. The minimum atomic E-state index is -0.122. The molecule has 3 aromatic rings. The van der Waals surface area contributed by atoms with Crippen LogP contribution in [0.2, 0.25) is 0 Å². The van der Waals surface area contributed by atoms with Crippen molar-refractivity contribution in [2.45, 2.75) is 19.3 Å². The van der Waals surface area contributed by atoms with Crippen molar-refractivity contribution in [2.75, 3.05) is 25.0 Å². The number of hydrogen-bond donors (Lipinski definition) is 1. The quantitative estimate of drug-likeness (QED) is 0.564. The van der Waals surface area contributed by atoms with Crippen LogP contribution in [-0.4, -0.2) is 46.4 Å². The first-order chi connectivity index (χ1) is 16.2. The molecule has 2 heterocycles. The molecule has 1 aromatic heterocycles. The fraction of sp³-hybridized carbons (Fsp3) is 0.280. The predicted molar refractivity (Wildman–Crippen MR) is 123 cm³/mol. The van der Waals surface area contributed by atoms with Gasteiger partial charge in [0.15, 0.2) is 0 Å². The normalized spacial score (nSPS) is 13.9. The standard InChI is InChI=1S/C25H26N4O4/c30-23(13-18-32-21-5-2-1-3-6-21)29-16-11-19(12-17-29)24(31)28-20-7-9-22(10-8-20)33-25-26-14-4-15-27-25/h1-10,14-15,19H,11-13,16-18H2,(H,28,31). The van der Waals surface area contributed by atoms with Crippen molar-refractivity contribution in [3.05, 3.63) is 73.1 Å². The molecule has 0 radical (unpaired) electrons. The van der Waals surface area contributed by atoms with E-state index in [1.165, 1.54) is 0 Å². The lowest BCUT2D eigenvalue weighted by Crippen LogP contribution is -2.41. The van der Waals surface area contributed by atoms with Crippen LogP contribution < -0.4 is 14.8 Å². The molecular weight excluding hydrogens is 420 g/mol. The predicted octanol–water partition coefficient (Wildman–Crippen LogP) is 3.92. The highest BCUT2D eigenvalue weighted by Gasteiger charge is 2.27. The van der Waals surface area contributed by atoms with Crippen molar-refractivity contribution in [1.29, 1.82) is 0 Å². The van der Waals surface area contributed by atoms with Gasteiger partial charge in [-0.1, -0.05) is 18.2 Å². The van der Waals surface area contributed by atoms with Crippen LogP contribution >= 0.6 is 0 Å². The summed E-state index contributed by atoms with van der Waals surface area (Å²) in [6.07, 6.45) is 4.82. The third-order valence-electron chi connectivity index (χ3n) is 5.42. The monoisotopic (exact) mass is 446 g/mol. The van der Waals surface area contributed by atoms with Crippen LogP contribution in [0.5, 0.6) is 17.5 Å². The second kappa shape index (κ2) is 11.1. The molecular formula is C25H26N4O4. The molecule has 4 rings (SSSR count). The topological polar surface area (TPSA) is 93.6 Å². The van der Waals surface area contributed by atoms with E-state index in [0.29, 0.717) is 50.4 Å². The summed E-state index contributed by atoms with van der Waals surface area (Å²) in [5.41, 5.74) is 0.692. The van der Waals surface area contributed by atoms with E-state index in [9.17, 15) is 9.59 Å². The molecule has 1 fully saturated rings. The number of ether oxygens (including phenoxy) is 2. The number of likely N-dealkylation sites (tertiary alicyclic amines) is 1. The lowest BCUT2D eigenvalue weighted by molar-refractivity contribution is -0.135. The number of hydrogen-bond acceptors (Lipinski definition) is 6. The number of carbonyl (C=O) groups excluding carboxylic acids is 2. The van der Waals surface area contributed by atoms with Crippen LogP contribution in [-0.2, 0) is 9.59 Å². The molecule has 0 aliphatic carbocycles. The van der Waals surface area contributed by atoms with Gasteiger partial charge in [0.2, 0.25) is 11.8 Å². The number of nitrogens with one attached hydrogen (secondary N) is 1. The zero-order chi connectivity index (χ0) is 22.9. The number of rotatable bonds is 8. The van der Waals surface area contributed by atoms with Gasteiger partial charge in [-0.2, -0.15) is 0 Å². The molecule has 8 heteroatoms. The number of benzene rings is 2. The average molecular weight is 447 g/mol. The van der Waals surface area contributed by atoms with E-state index in [1.807, 2.05) is 35.2 Å². The second-order valence-electron chi connectivity index (χ2n) is 7.71. The van der Waals surface area contributed by atoms with Crippen LogP contribution in [0.3, 0.4) is 0 Å². The van der Waals surface area contributed by atoms with E-state index in [0.717, 1.165) is 5.75 Å². The van der Waals surface area contributed by atoms with E-state index in [2.05, 4.69) is 15.3 Å². The SMILES string of the molecule is O=C(Nc1ccc(Oc2ncccn2)cc1)C1CCN(C(=O)CCOc2ccccc2)CC1. The molecule has 1 saturated heterocycles. The smallest absolute Gasteiger partial charge is 0.321 e. The fourth-order valence-electron chi connectivity index (χ4n) is 3.62. The average Bonchev–Trinajstić information content (AvgIpc) is 2.86. The first kappa shape index (κ1) is 22.3. The second-order valence-corrected chi connectivity index (χ2v) is 7.71. The Kier molecular flexibility index (Phi) is 7.48. The van der Waals surface area contributed by atoms with Gasteiger partial charge in [0, 0.05) is 37.1 Å². The lowest BCUT2D eigenvalue weighted by Gasteiger charge is -2.31. The lowest BCUT2D eigenvalue weighted by atomic mass is 9.95. The summed E-state index contributed by atoms with van der Waals surface area (Å²) >= 11 is 0. The van der Waals surface area contributed by atoms with E-state index in [-0.39, 0.29) is 23.7 Å². The van der Waals surface area contributed by atoms with Crippen LogP contribution in [0.25, 0.3) is 0 Å². The Balaban J connectivity index is 1.18. The highest BCUT2D eigenvalue weighted by atomic mass is 16.5. The van der Waals surface area contributed by atoms with Gasteiger partial charge in [0.05, 0.1) is 13.0 Å². The number of aromatic nitrogens is 2. The summed E-state index contributed by atoms with van der Waals surface area (Å²) in [5.74, 6) is 1.25. The number of piperidine rings is 1. The Morgan fingerprint density at radius 3 is 2.30 bits per heavy atom.